The molecule has 0 spiro atoms. The summed E-state index contributed by atoms with van der Waals surface area (Å²) in [4.78, 5) is 0. The molecule has 12 heavy (non-hydrogen) atoms. The largest absolute Gasteiger partial charge is 0.103 e. The zero-order chi connectivity index (χ0) is 9.19. The summed E-state index contributed by atoms with van der Waals surface area (Å²) < 4.78 is 0. The van der Waals surface area contributed by atoms with Gasteiger partial charge in [0.2, 0.25) is 0 Å². The summed E-state index contributed by atoms with van der Waals surface area (Å²) in [5.41, 5.74) is 1.68. The van der Waals surface area contributed by atoms with Crippen molar-refractivity contribution in [1.82, 2.24) is 0 Å². The Labute approximate surface area is 76.4 Å². The second kappa shape index (κ2) is 3.47. The summed E-state index contributed by atoms with van der Waals surface area (Å²) in [6, 6.07) is 0. The maximum atomic E-state index is 4.16. The monoisotopic (exact) mass is 164 g/mol. The molecule has 1 unspecified atom stereocenters. The number of hydrogen-bond donors (Lipinski definition) is 0. The fourth-order valence-corrected chi connectivity index (χ4v) is 2.12. The highest BCUT2D eigenvalue weighted by molar-refractivity contribution is 5.11. The first kappa shape index (κ1) is 9.57. The average Bonchev–Trinajstić information content (AvgIpc) is 2.05. The van der Waals surface area contributed by atoms with Gasteiger partial charge in [-0.25, -0.2) is 0 Å². The molecule has 0 bridgehead atoms. The highest BCUT2D eigenvalue weighted by Gasteiger charge is 2.29. The van der Waals surface area contributed by atoms with Crippen molar-refractivity contribution < 1.29 is 0 Å². The first-order chi connectivity index (χ1) is 5.58. The zero-order valence-corrected chi connectivity index (χ0v) is 8.40. The van der Waals surface area contributed by atoms with Crippen molar-refractivity contribution in [3.8, 4) is 0 Å². The molecule has 0 heterocycles. The van der Waals surface area contributed by atoms with E-state index in [2.05, 4.69) is 33.1 Å². The van der Waals surface area contributed by atoms with E-state index in [1.165, 1.54) is 31.3 Å². The van der Waals surface area contributed by atoms with Crippen molar-refractivity contribution in [1.29, 1.82) is 0 Å². The van der Waals surface area contributed by atoms with E-state index in [1.807, 2.05) is 0 Å². The zero-order valence-electron chi connectivity index (χ0n) is 8.40. The van der Waals surface area contributed by atoms with Crippen LogP contribution < -0.4 is 0 Å². The van der Waals surface area contributed by atoms with E-state index in [1.54, 1.807) is 0 Å². The fourth-order valence-electron chi connectivity index (χ4n) is 2.12. The van der Waals surface area contributed by atoms with E-state index < -0.39 is 0 Å². The van der Waals surface area contributed by atoms with E-state index in [4.69, 9.17) is 0 Å². The van der Waals surface area contributed by atoms with Crippen LogP contribution in [0.15, 0.2) is 24.8 Å². The Hall–Kier alpha value is -0.520. The van der Waals surface area contributed by atoms with Gasteiger partial charge < -0.3 is 0 Å². The summed E-state index contributed by atoms with van der Waals surface area (Å²) in [5, 5.41) is 0. The Kier molecular flexibility index (Phi) is 2.76. The topological polar surface area (TPSA) is 0 Å². The Balaban J connectivity index is 2.71. The molecule has 0 aromatic carbocycles. The first-order valence-corrected chi connectivity index (χ1v) is 4.89. The molecule has 1 saturated carbocycles. The van der Waals surface area contributed by atoms with Crippen molar-refractivity contribution in [2.24, 2.45) is 11.3 Å². The van der Waals surface area contributed by atoms with Crippen molar-refractivity contribution in [2.45, 2.75) is 39.5 Å². The molecule has 0 aromatic heterocycles. The van der Waals surface area contributed by atoms with Crippen LogP contribution in [0, 0.1) is 11.3 Å². The molecule has 1 aliphatic carbocycles. The lowest BCUT2D eigenvalue weighted by molar-refractivity contribution is 0.274. The van der Waals surface area contributed by atoms with Crippen molar-refractivity contribution >= 4 is 0 Å². The van der Waals surface area contributed by atoms with Crippen LogP contribution in [0.2, 0.25) is 0 Å². The van der Waals surface area contributed by atoms with E-state index in [0.717, 1.165) is 0 Å². The van der Waals surface area contributed by atoms with E-state index in [9.17, 15) is 0 Å². The fraction of sp³-hybridized carbons (Fsp3) is 0.667. The van der Waals surface area contributed by atoms with Gasteiger partial charge in [-0.3, -0.25) is 0 Å². The van der Waals surface area contributed by atoms with Crippen molar-refractivity contribution in [3.63, 3.8) is 0 Å². The Morgan fingerprint density at radius 3 is 2.58 bits per heavy atom. The lowest BCUT2D eigenvalue weighted by Gasteiger charge is -2.36. The minimum Gasteiger partial charge on any atom is -0.103 e. The van der Waals surface area contributed by atoms with Crippen LogP contribution in [0.5, 0.6) is 0 Å². The van der Waals surface area contributed by atoms with Gasteiger partial charge in [0.15, 0.2) is 0 Å². The third-order valence-corrected chi connectivity index (χ3v) is 3.16. The maximum Gasteiger partial charge on any atom is -0.0112 e. The molecule has 1 rings (SSSR count). The number of rotatable bonds is 2. The first-order valence-electron chi connectivity index (χ1n) is 4.89. The lowest BCUT2D eigenvalue weighted by atomic mass is 9.69. The van der Waals surface area contributed by atoms with Crippen LogP contribution in [-0.4, -0.2) is 0 Å². The van der Waals surface area contributed by atoms with Gasteiger partial charge in [-0.2, -0.15) is 0 Å². The normalized spacial score (nSPS) is 25.5. The van der Waals surface area contributed by atoms with Crippen LogP contribution in [0.3, 0.4) is 0 Å². The van der Waals surface area contributed by atoms with Crippen molar-refractivity contribution in [2.75, 3.05) is 0 Å². The van der Waals surface area contributed by atoms with Gasteiger partial charge in [0.05, 0.1) is 0 Å². The summed E-state index contributed by atoms with van der Waals surface area (Å²) in [6.45, 7) is 12.6. The molecule has 0 aromatic rings. The minimum atomic E-state index is 0.248. The van der Waals surface area contributed by atoms with Crippen LogP contribution in [0.25, 0.3) is 0 Å². The number of allylic oxidation sites excluding steroid dienone is 2. The third-order valence-electron chi connectivity index (χ3n) is 3.16. The van der Waals surface area contributed by atoms with Gasteiger partial charge in [0.25, 0.3) is 0 Å². The second-order valence-corrected chi connectivity index (χ2v) is 4.48. The van der Waals surface area contributed by atoms with Gasteiger partial charge in [-0.15, -0.1) is 6.58 Å². The van der Waals surface area contributed by atoms with E-state index in [0.29, 0.717) is 5.92 Å². The average molecular weight is 164 g/mol. The second-order valence-electron chi connectivity index (χ2n) is 4.48. The molecule has 0 heteroatoms. The molecule has 0 amide bonds. The Bertz CT molecular complexity index is 186. The lowest BCUT2D eigenvalue weighted by Crippen LogP contribution is -2.25. The van der Waals surface area contributed by atoms with Crippen LogP contribution in [-0.2, 0) is 0 Å². The Morgan fingerprint density at radius 2 is 2.08 bits per heavy atom. The molecule has 1 aliphatic rings. The molecular formula is C12H20. The van der Waals surface area contributed by atoms with Gasteiger partial charge >= 0.3 is 0 Å². The third kappa shape index (κ3) is 1.80. The highest BCUT2D eigenvalue weighted by atomic mass is 14.3. The predicted octanol–water partition coefficient (Wildman–Crippen LogP) is 3.95. The van der Waals surface area contributed by atoms with Gasteiger partial charge in [-0.05, 0) is 30.6 Å². The summed E-state index contributed by atoms with van der Waals surface area (Å²) in [5.74, 6) is 0.670. The summed E-state index contributed by atoms with van der Waals surface area (Å²) >= 11 is 0. The molecule has 0 aliphatic heterocycles. The molecular weight excluding hydrogens is 144 g/mol. The van der Waals surface area contributed by atoms with Crippen LogP contribution in [0.4, 0.5) is 0 Å². The molecule has 1 atom stereocenters. The summed E-state index contributed by atoms with van der Waals surface area (Å²) in [6.07, 6.45) is 7.30. The Morgan fingerprint density at radius 1 is 1.42 bits per heavy atom. The number of hydrogen-bond acceptors (Lipinski definition) is 0. The predicted molar refractivity (Wildman–Crippen MR) is 55.1 cm³/mol. The van der Waals surface area contributed by atoms with E-state index >= 15 is 0 Å². The van der Waals surface area contributed by atoms with Gasteiger partial charge in [0.1, 0.15) is 0 Å². The minimum absolute atomic E-state index is 0.248. The smallest absolute Gasteiger partial charge is 0.0112 e. The van der Waals surface area contributed by atoms with E-state index in [-0.39, 0.29) is 5.41 Å². The highest BCUT2D eigenvalue weighted by Crippen LogP contribution is 2.41. The summed E-state index contributed by atoms with van der Waals surface area (Å²) in [7, 11) is 0. The molecule has 0 saturated heterocycles. The van der Waals surface area contributed by atoms with Crippen LogP contribution >= 0.6 is 0 Å². The molecule has 68 valence electrons. The molecule has 0 nitrogen and oxygen atoms in total. The van der Waals surface area contributed by atoms with Crippen LogP contribution in [0.1, 0.15) is 39.5 Å². The van der Waals surface area contributed by atoms with Gasteiger partial charge in [-0.1, -0.05) is 38.5 Å². The van der Waals surface area contributed by atoms with Gasteiger partial charge in [0, 0.05) is 0 Å². The maximum absolute atomic E-state index is 4.16. The standard InChI is InChI=1S/C12H20/c1-5-12(3,4)11-9-7-6-8-10(11)2/h5,11H,1-2,6-9H2,3-4H3. The quantitative estimate of drug-likeness (QED) is 0.542. The van der Waals surface area contributed by atoms with Crippen molar-refractivity contribution in [3.05, 3.63) is 24.8 Å². The molecule has 1 fully saturated rings. The molecule has 0 radical (unpaired) electrons. The SMILES string of the molecule is C=CC(C)(C)C1CCCCC1=C. The molecule has 0 N–H and O–H groups in total.